The van der Waals surface area contributed by atoms with E-state index >= 15 is 0 Å². The number of rotatable bonds is 4. The van der Waals surface area contributed by atoms with Crippen molar-refractivity contribution in [1.82, 2.24) is 20.9 Å². The third-order valence-corrected chi connectivity index (χ3v) is 4.59. The standard InChI is InChI=1S/C17H23FN4O2/c18-13-4-1-3-12(9-13)15-10-19-7-8-22(15)16(23)11-21-17(24)14-5-2-6-20-14/h1,3-4,9,14-15,19-20H,2,5-8,10-11H2,(H,21,24). The maximum Gasteiger partial charge on any atom is 0.242 e. The van der Waals surface area contributed by atoms with Crippen molar-refractivity contribution >= 4 is 11.8 Å². The molecule has 2 atom stereocenters. The second kappa shape index (κ2) is 7.72. The largest absolute Gasteiger partial charge is 0.346 e. The summed E-state index contributed by atoms with van der Waals surface area (Å²) in [6.07, 6.45) is 1.78. The first-order valence-corrected chi connectivity index (χ1v) is 8.42. The molecule has 3 N–H and O–H groups in total. The number of benzene rings is 1. The van der Waals surface area contributed by atoms with Crippen molar-refractivity contribution in [3.05, 3.63) is 35.6 Å². The van der Waals surface area contributed by atoms with Gasteiger partial charge in [-0.2, -0.15) is 0 Å². The second-order valence-corrected chi connectivity index (χ2v) is 6.23. The molecule has 0 saturated carbocycles. The van der Waals surface area contributed by atoms with E-state index in [1.54, 1.807) is 11.0 Å². The minimum Gasteiger partial charge on any atom is -0.346 e. The Bertz CT molecular complexity index is 604. The van der Waals surface area contributed by atoms with Gasteiger partial charge in [0.1, 0.15) is 5.82 Å². The molecule has 24 heavy (non-hydrogen) atoms. The van der Waals surface area contributed by atoms with Crippen molar-refractivity contribution in [3.63, 3.8) is 0 Å². The quantitative estimate of drug-likeness (QED) is 0.734. The summed E-state index contributed by atoms with van der Waals surface area (Å²) in [5, 5.41) is 9.06. The highest BCUT2D eigenvalue weighted by Gasteiger charge is 2.29. The first-order chi connectivity index (χ1) is 11.6. The van der Waals surface area contributed by atoms with E-state index in [9.17, 15) is 14.0 Å². The highest BCUT2D eigenvalue weighted by molar-refractivity contribution is 5.87. The van der Waals surface area contributed by atoms with Crippen LogP contribution in [0.5, 0.6) is 0 Å². The van der Waals surface area contributed by atoms with Crippen LogP contribution in [-0.2, 0) is 9.59 Å². The van der Waals surface area contributed by atoms with Crippen LogP contribution in [0.3, 0.4) is 0 Å². The fourth-order valence-corrected chi connectivity index (χ4v) is 3.31. The molecule has 2 unspecified atom stereocenters. The number of piperazine rings is 1. The smallest absolute Gasteiger partial charge is 0.242 e. The van der Waals surface area contributed by atoms with Crippen LogP contribution in [0, 0.1) is 5.82 Å². The Morgan fingerprint density at radius 1 is 1.33 bits per heavy atom. The molecule has 1 aromatic rings. The van der Waals surface area contributed by atoms with Crippen LogP contribution in [0.4, 0.5) is 4.39 Å². The SMILES string of the molecule is O=C(NCC(=O)N1CCNCC1c1cccc(F)c1)C1CCCN1. The third-order valence-electron chi connectivity index (χ3n) is 4.59. The fraction of sp³-hybridized carbons (Fsp3) is 0.529. The van der Waals surface area contributed by atoms with Crippen LogP contribution in [0.2, 0.25) is 0 Å². The van der Waals surface area contributed by atoms with Gasteiger partial charge in [0.05, 0.1) is 18.6 Å². The summed E-state index contributed by atoms with van der Waals surface area (Å²) < 4.78 is 13.5. The van der Waals surface area contributed by atoms with E-state index in [0.29, 0.717) is 19.6 Å². The third kappa shape index (κ3) is 3.91. The minimum absolute atomic E-state index is 0.0250. The lowest BCUT2D eigenvalue weighted by molar-refractivity contribution is -0.136. The van der Waals surface area contributed by atoms with Crippen LogP contribution in [-0.4, -0.2) is 55.5 Å². The molecule has 6 nitrogen and oxygen atoms in total. The Labute approximate surface area is 140 Å². The molecule has 2 fully saturated rings. The molecule has 2 aliphatic rings. The fourth-order valence-electron chi connectivity index (χ4n) is 3.31. The molecule has 3 rings (SSSR count). The predicted molar refractivity (Wildman–Crippen MR) is 87.8 cm³/mol. The summed E-state index contributed by atoms with van der Waals surface area (Å²) in [6, 6.07) is 5.90. The molecular weight excluding hydrogens is 311 g/mol. The van der Waals surface area contributed by atoms with Gasteiger partial charge < -0.3 is 20.9 Å². The van der Waals surface area contributed by atoms with Gasteiger partial charge >= 0.3 is 0 Å². The van der Waals surface area contributed by atoms with Gasteiger partial charge in [0.15, 0.2) is 0 Å². The summed E-state index contributed by atoms with van der Waals surface area (Å²) in [6.45, 7) is 2.62. The summed E-state index contributed by atoms with van der Waals surface area (Å²) in [5.74, 6) is -0.582. The number of amides is 2. The molecule has 2 saturated heterocycles. The van der Waals surface area contributed by atoms with Gasteiger partial charge in [0.2, 0.25) is 11.8 Å². The molecule has 0 aliphatic carbocycles. The van der Waals surface area contributed by atoms with Crippen molar-refractivity contribution < 1.29 is 14.0 Å². The molecule has 0 aromatic heterocycles. The molecule has 2 heterocycles. The Morgan fingerprint density at radius 3 is 2.96 bits per heavy atom. The number of carbonyl (C=O) groups is 2. The molecule has 7 heteroatoms. The lowest BCUT2D eigenvalue weighted by Crippen LogP contribution is -2.52. The maximum absolute atomic E-state index is 13.5. The summed E-state index contributed by atoms with van der Waals surface area (Å²) in [7, 11) is 0. The van der Waals surface area contributed by atoms with Crippen LogP contribution in [0.15, 0.2) is 24.3 Å². The topological polar surface area (TPSA) is 73.5 Å². The number of hydrogen-bond donors (Lipinski definition) is 3. The van der Waals surface area contributed by atoms with Crippen molar-refractivity contribution in [2.45, 2.75) is 24.9 Å². The Kier molecular flexibility index (Phi) is 5.42. The molecular formula is C17H23FN4O2. The van der Waals surface area contributed by atoms with E-state index in [-0.39, 0.29) is 36.3 Å². The van der Waals surface area contributed by atoms with Gasteiger partial charge in [0, 0.05) is 19.6 Å². The van der Waals surface area contributed by atoms with Crippen LogP contribution >= 0.6 is 0 Å². The van der Waals surface area contributed by atoms with Crippen LogP contribution in [0.1, 0.15) is 24.4 Å². The maximum atomic E-state index is 13.5. The Morgan fingerprint density at radius 2 is 2.21 bits per heavy atom. The number of hydrogen-bond acceptors (Lipinski definition) is 4. The van der Waals surface area contributed by atoms with Gasteiger partial charge in [-0.3, -0.25) is 9.59 Å². The van der Waals surface area contributed by atoms with Crippen molar-refractivity contribution in [3.8, 4) is 0 Å². The Balaban J connectivity index is 1.62. The number of carbonyl (C=O) groups excluding carboxylic acids is 2. The van der Waals surface area contributed by atoms with Crippen LogP contribution < -0.4 is 16.0 Å². The minimum atomic E-state index is -0.314. The van der Waals surface area contributed by atoms with Gasteiger partial charge in [-0.1, -0.05) is 12.1 Å². The lowest BCUT2D eigenvalue weighted by Gasteiger charge is -2.36. The average Bonchev–Trinajstić information content (AvgIpc) is 3.14. The zero-order chi connectivity index (χ0) is 16.9. The summed E-state index contributed by atoms with van der Waals surface area (Å²) >= 11 is 0. The first-order valence-electron chi connectivity index (χ1n) is 8.42. The van der Waals surface area contributed by atoms with Gasteiger partial charge in [-0.15, -0.1) is 0 Å². The second-order valence-electron chi connectivity index (χ2n) is 6.23. The van der Waals surface area contributed by atoms with Crippen molar-refractivity contribution in [1.29, 1.82) is 0 Å². The van der Waals surface area contributed by atoms with Gasteiger partial charge in [-0.25, -0.2) is 4.39 Å². The van der Waals surface area contributed by atoms with Crippen molar-refractivity contribution in [2.24, 2.45) is 0 Å². The zero-order valence-corrected chi connectivity index (χ0v) is 13.6. The molecule has 130 valence electrons. The lowest BCUT2D eigenvalue weighted by atomic mass is 10.0. The van der Waals surface area contributed by atoms with E-state index in [0.717, 1.165) is 24.9 Å². The molecule has 2 amide bonds. The van der Waals surface area contributed by atoms with E-state index in [1.807, 2.05) is 6.07 Å². The normalized spacial score (nSPS) is 24.0. The van der Waals surface area contributed by atoms with Crippen LogP contribution in [0.25, 0.3) is 0 Å². The number of nitrogens with zero attached hydrogens (tertiary/aromatic N) is 1. The van der Waals surface area contributed by atoms with Gasteiger partial charge in [-0.05, 0) is 37.1 Å². The van der Waals surface area contributed by atoms with E-state index in [1.165, 1.54) is 12.1 Å². The van der Waals surface area contributed by atoms with E-state index < -0.39 is 0 Å². The highest BCUT2D eigenvalue weighted by atomic mass is 19.1. The highest BCUT2D eigenvalue weighted by Crippen LogP contribution is 2.22. The monoisotopic (exact) mass is 334 g/mol. The predicted octanol–water partition coefficient (Wildman–Crippen LogP) is 0.167. The summed E-state index contributed by atoms with van der Waals surface area (Å²) in [4.78, 5) is 26.3. The first kappa shape index (κ1) is 16.9. The molecule has 0 spiro atoms. The molecule has 0 bridgehead atoms. The van der Waals surface area contributed by atoms with E-state index in [4.69, 9.17) is 0 Å². The van der Waals surface area contributed by atoms with Crippen molar-refractivity contribution in [2.75, 3.05) is 32.7 Å². The average molecular weight is 334 g/mol. The number of halogens is 1. The zero-order valence-electron chi connectivity index (χ0n) is 13.6. The molecule has 0 radical (unpaired) electrons. The van der Waals surface area contributed by atoms with E-state index in [2.05, 4.69) is 16.0 Å². The number of nitrogens with one attached hydrogen (secondary N) is 3. The van der Waals surface area contributed by atoms with Gasteiger partial charge in [0.25, 0.3) is 0 Å². The molecule has 1 aromatic carbocycles. The molecule has 2 aliphatic heterocycles. The summed E-state index contributed by atoms with van der Waals surface area (Å²) in [5.41, 5.74) is 0.763. The Hall–Kier alpha value is -1.99.